The van der Waals surface area contributed by atoms with Crippen LogP contribution in [0.5, 0.6) is 0 Å². The highest BCUT2D eigenvalue weighted by Gasteiger charge is 2.12. The molecular formula is C16H19FN2. The van der Waals surface area contributed by atoms with Crippen molar-refractivity contribution in [3.8, 4) is 0 Å². The third-order valence-corrected chi connectivity index (χ3v) is 3.37. The molecule has 100 valence electrons. The van der Waals surface area contributed by atoms with Crippen LogP contribution in [0.3, 0.4) is 0 Å². The van der Waals surface area contributed by atoms with E-state index in [0.29, 0.717) is 0 Å². The van der Waals surface area contributed by atoms with Crippen molar-refractivity contribution in [2.75, 3.05) is 7.05 Å². The first-order valence-electron chi connectivity index (χ1n) is 6.54. The van der Waals surface area contributed by atoms with E-state index in [4.69, 9.17) is 0 Å². The standard InChI is InChI=1S/C16H19FN2/c1-12-11-13(17)6-8-15(12)16(18-2)9-7-14-5-3-4-10-19-14/h3-6,8,10-11,16,18H,7,9H2,1-2H3. The average Bonchev–Trinajstić information content (AvgIpc) is 2.42. The average molecular weight is 258 g/mol. The maximum absolute atomic E-state index is 13.1. The zero-order valence-corrected chi connectivity index (χ0v) is 11.4. The van der Waals surface area contributed by atoms with Gasteiger partial charge in [0.15, 0.2) is 0 Å². The minimum Gasteiger partial charge on any atom is -0.313 e. The fourth-order valence-corrected chi connectivity index (χ4v) is 2.32. The van der Waals surface area contributed by atoms with Crippen LogP contribution in [0.2, 0.25) is 0 Å². The molecule has 0 radical (unpaired) electrons. The molecule has 19 heavy (non-hydrogen) atoms. The Morgan fingerprint density at radius 3 is 2.74 bits per heavy atom. The molecule has 1 atom stereocenters. The van der Waals surface area contributed by atoms with Crippen LogP contribution in [0.15, 0.2) is 42.6 Å². The Labute approximate surface area is 113 Å². The van der Waals surface area contributed by atoms with Gasteiger partial charge in [-0.25, -0.2) is 4.39 Å². The predicted octanol–water partition coefficient (Wildman–Crippen LogP) is 3.42. The van der Waals surface area contributed by atoms with Gasteiger partial charge >= 0.3 is 0 Å². The second kappa shape index (κ2) is 6.43. The highest BCUT2D eigenvalue weighted by molar-refractivity contribution is 5.29. The Morgan fingerprint density at radius 2 is 2.11 bits per heavy atom. The van der Waals surface area contributed by atoms with Gasteiger partial charge in [-0.05, 0) is 62.2 Å². The maximum Gasteiger partial charge on any atom is 0.123 e. The molecule has 0 fully saturated rings. The first-order valence-corrected chi connectivity index (χ1v) is 6.54. The van der Waals surface area contributed by atoms with Gasteiger partial charge in [0.1, 0.15) is 5.82 Å². The summed E-state index contributed by atoms with van der Waals surface area (Å²) in [6.45, 7) is 1.95. The maximum atomic E-state index is 13.1. The SMILES string of the molecule is CNC(CCc1ccccn1)c1ccc(F)cc1C. The number of aromatic nitrogens is 1. The Hall–Kier alpha value is -1.74. The summed E-state index contributed by atoms with van der Waals surface area (Å²) < 4.78 is 13.1. The van der Waals surface area contributed by atoms with Crippen molar-refractivity contribution >= 4 is 0 Å². The largest absolute Gasteiger partial charge is 0.313 e. The molecule has 0 spiro atoms. The van der Waals surface area contributed by atoms with Gasteiger partial charge in [0, 0.05) is 17.9 Å². The lowest BCUT2D eigenvalue weighted by atomic mass is 9.97. The molecule has 0 amide bonds. The van der Waals surface area contributed by atoms with Crippen molar-refractivity contribution in [2.24, 2.45) is 0 Å². The van der Waals surface area contributed by atoms with E-state index in [2.05, 4.69) is 10.3 Å². The minimum absolute atomic E-state index is 0.180. The molecule has 3 heteroatoms. The summed E-state index contributed by atoms with van der Waals surface area (Å²) in [7, 11) is 1.94. The smallest absolute Gasteiger partial charge is 0.123 e. The summed E-state index contributed by atoms with van der Waals surface area (Å²) in [4.78, 5) is 4.33. The van der Waals surface area contributed by atoms with E-state index in [9.17, 15) is 4.39 Å². The molecule has 2 nitrogen and oxygen atoms in total. The minimum atomic E-state index is -0.180. The molecule has 0 aliphatic carbocycles. The summed E-state index contributed by atoms with van der Waals surface area (Å²) in [6.07, 6.45) is 3.66. The van der Waals surface area contributed by atoms with E-state index in [1.54, 1.807) is 6.07 Å². The number of nitrogens with zero attached hydrogens (tertiary/aromatic N) is 1. The number of benzene rings is 1. The first kappa shape index (κ1) is 13.7. The van der Waals surface area contributed by atoms with E-state index in [-0.39, 0.29) is 11.9 Å². The van der Waals surface area contributed by atoms with Gasteiger partial charge in [-0.2, -0.15) is 0 Å². The second-order valence-corrected chi connectivity index (χ2v) is 4.70. The fourth-order valence-electron chi connectivity index (χ4n) is 2.32. The lowest BCUT2D eigenvalue weighted by Crippen LogP contribution is -2.18. The Morgan fingerprint density at radius 1 is 1.26 bits per heavy atom. The normalized spacial score (nSPS) is 12.4. The topological polar surface area (TPSA) is 24.9 Å². The zero-order valence-electron chi connectivity index (χ0n) is 11.4. The molecule has 0 bridgehead atoms. The molecule has 0 aliphatic heterocycles. The number of pyridine rings is 1. The summed E-state index contributed by atoms with van der Waals surface area (Å²) >= 11 is 0. The number of hydrogen-bond acceptors (Lipinski definition) is 2. The Kier molecular flexibility index (Phi) is 4.63. The fraction of sp³-hybridized carbons (Fsp3) is 0.312. The summed E-state index contributed by atoms with van der Waals surface area (Å²) in [5.74, 6) is -0.180. The van der Waals surface area contributed by atoms with E-state index < -0.39 is 0 Å². The van der Waals surface area contributed by atoms with Crippen LogP contribution in [0, 0.1) is 12.7 Å². The molecule has 0 aliphatic rings. The highest BCUT2D eigenvalue weighted by atomic mass is 19.1. The number of nitrogens with one attached hydrogen (secondary N) is 1. The summed E-state index contributed by atoms with van der Waals surface area (Å²) in [5.41, 5.74) is 3.22. The molecule has 0 saturated carbocycles. The van der Waals surface area contributed by atoms with Crippen molar-refractivity contribution in [3.05, 3.63) is 65.2 Å². The second-order valence-electron chi connectivity index (χ2n) is 4.70. The molecular weight excluding hydrogens is 239 g/mol. The van der Waals surface area contributed by atoms with Gasteiger partial charge in [-0.3, -0.25) is 4.98 Å². The molecule has 1 aromatic heterocycles. The lowest BCUT2D eigenvalue weighted by molar-refractivity contribution is 0.540. The van der Waals surface area contributed by atoms with Crippen LogP contribution in [0.25, 0.3) is 0 Å². The van der Waals surface area contributed by atoms with Gasteiger partial charge in [-0.1, -0.05) is 12.1 Å². The number of hydrogen-bond donors (Lipinski definition) is 1. The van der Waals surface area contributed by atoms with Crippen molar-refractivity contribution in [1.82, 2.24) is 10.3 Å². The summed E-state index contributed by atoms with van der Waals surface area (Å²) in [5, 5.41) is 3.30. The van der Waals surface area contributed by atoms with Crippen molar-refractivity contribution < 1.29 is 4.39 Å². The van der Waals surface area contributed by atoms with Gasteiger partial charge in [0.25, 0.3) is 0 Å². The zero-order chi connectivity index (χ0) is 13.7. The summed E-state index contributed by atoms with van der Waals surface area (Å²) in [6, 6.07) is 11.1. The van der Waals surface area contributed by atoms with Crippen molar-refractivity contribution in [3.63, 3.8) is 0 Å². The Bertz CT molecular complexity index is 526. The third kappa shape index (κ3) is 3.61. The molecule has 1 N–H and O–H groups in total. The van der Waals surface area contributed by atoms with Gasteiger partial charge in [0.05, 0.1) is 0 Å². The Balaban J connectivity index is 2.08. The number of halogens is 1. The highest BCUT2D eigenvalue weighted by Crippen LogP contribution is 2.22. The van der Waals surface area contributed by atoms with Crippen molar-refractivity contribution in [1.29, 1.82) is 0 Å². The monoisotopic (exact) mass is 258 g/mol. The van der Waals surface area contributed by atoms with Crippen LogP contribution in [0.4, 0.5) is 4.39 Å². The van der Waals surface area contributed by atoms with E-state index >= 15 is 0 Å². The van der Waals surface area contributed by atoms with Crippen LogP contribution in [0.1, 0.15) is 29.3 Å². The molecule has 2 aromatic rings. The molecule has 1 unspecified atom stereocenters. The first-order chi connectivity index (χ1) is 9.20. The van der Waals surface area contributed by atoms with Crippen LogP contribution >= 0.6 is 0 Å². The number of aryl methyl sites for hydroxylation is 2. The quantitative estimate of drug-likeness (QED) is 0.888. The lowest BCUT2D eigenvalue weighted by Gasteiger charge is -2.18. The van der Waals surface area contributed by atoms with Crippen LogP contribution in [-0.2, 0) is 6.42 Å². The molecule has 1 aromatic carbocycles. The molecule has 0 saturated heterocycles. The van der Waals surface area contributed by atoms with E-state index in [1.807, 2.05) is 44.4 Å². The van der Waals surface area contributed by atoms with Gasteiger partial charge in [0.2, 0.25) is 0 Å². The van der Waals surface area contributed by atoms with Gasteiger partial charge in [-0.15, -0.1) is 0 Å². The van der Waals surface area contributed by atoms with Crippen LogP contribution in [-0.4, -0.2) is 12.0 Å². The van der Waals surface area contributed by atoms with Crippen LogP contribution < -0.4 is 5.32 Å². The molecule has 1 heterocycles. The van der Waals surface area contributed by atoms with Gasteiger partial charge < -0.3 is 5.32 Å². The van der Waals surface area contributed by atoms with Crippen molar-refractivity contribution in [2.45, 2.75) is 25.8 Å². The van der Waals surface area contributed by atoms with E-state index in [1.165, 1.54) is 6.07 Å². The predicted molar refractivity (Wildman–Crippen MR) is 75.5 cm³/mol. The number of rotatable bonds is 5. The van der Waals surface area contributed by atoms with E-state index in [0.717, 1.165) is 29.7 Å². The third-order valence-electron chi connectivity index (χ3n) is 3.37. The molecule has 2 rings (SSSR count).